The van der Waals surface area contributed by atoms with E-state index in [9.17, 15) is 9.18 Å². The normalized spacial score (nSPS) is 20.9. The van der Waals surface area contributed by atoms with Crippen molar-refractivity contribution in [3.63, 3.8) is 0 Å². The highest BCUT2D eigenvalue weighted by atomic mass is 35.5. The molecule has 1 heterocycles. The quantitative estimate of drug-likeness (QED) is 0.555. The fourth-order valence-electron chi connectivity index (χ4n) is 4.19. The highest BCUT2D eigenvalue weighted by molar-refractivity contribution is 6.30. The average molecular weight is 427 g/mol. The summed E-state index contributed by atoms with van der Waals surface area (Å²) in [6.07, 6.45) is 5.20. The van der Waals surface area contributed by atoms with Crippen molar-refractivity contribution in [2.45, 2.75) is 25.8 Å². The first kappa shape index (κ1) is 22.3. The topological polar surface area (TPSA) is 32.3 Å². The van der Waals surface area contributed by atoms with Gasteiger partial charge in [0.2, 0.25) is 5.91 Å². The minimum atomic E-state index is -0.444. The fourth-order valence-corrected chi connectivity index (χ4v) is 4.36. The van der Waals surface area contributed by atoms with Crippen LogP contribution in [0, 0.1) is 11.2 Å². The van der Waals surface area contributed by atoms with Crippen molar-refractivity contribution in [3.05, 3.63) is 84.2 Å². The number of amides is 1. The van der Waals surface area contributed by atoms with Crippen molar-refractivity contribution in [2.24, 2.45) is 5.41 Å². The van der Waals surface area contributed by atoms with Gasteiger partial charge >= 0.3 is 0 Å². The van der Waals surface area contributed by atoms with E-state index >= 15 is 0 Å². The lowest BCUT2D eigenvalue weighted by Gasteiger charge is -2.29. The van der Waals surface area contributed by atoms with Crippen LogP contribution in [-0.4, -0.2) is 36.5 Å². The maximum atomic E-state index is 14.1. The summed E-state index contributed by atoms with van der Waals surface area (Å²) in [5, 5.41) is 3.66. The molecule has 5 heteroatoms. The molecule has 1 fully saturated rings. The molecule has 3 rings (SSSR count). The Labute approximate surface area is 183 Å². The first-order valence-corrected chi connectivity index (χ1v) is 10.5. The standard InChI is InChI=1S/C25H28ClFN2O/c1-4-12-29(13-5-2)17-25(3)16-21(28-24(25)30)14-18-6-8-19(9-7-18)22-15-20(26)10-11-23(22)27/h4-11,15,21H,1-2,12-14,16-17H2,3H3,(H,28,30)/t21-,25+/m1/s1. The molecule has 30 heavy (non-hydrogen) atoms. The Morgan fingerprint density at radius 1 is 1.20 bits per heavy atom. The van der Waals surface area contributed by atoms with E-state index in [1.54, 1.807) is 12.1 Å². The predicted octanol–water partition coefficient (Wildman–Crippen LogP) is 5.26. The van der Waals surface area contributed by atoms with Gasteiger partial charge in [0.15, 0.2) is 0 Å². The Morgan fingerprint density at radius 2 is 1.87 bits per heavy atom. The third-order valence-electron chi connectivity index (χ3n) is 5.60. The van der Waals surface area contributed by atoms with Gasteiger partial charge in [0.25, 0.3) is 0 Å². The summed E-state index contributed by atoms with van der Waals surface area (Å²) < 4.78 is 14.1. The molecule has 2 aromatic carbocycles. The van der Waals surface area contributed by atoms with Crippen LogP contribution in [0.5, 0.6) is 0 Å². The number of nitrogens with one attached hydrogen (secondary N) is 1. The first-order valence-electron chi connectivity index (χ1n) is 10.1. The molecule has 3 nitrogen and oxygen atoms in total. The smallest absolute Gasteiger partial charge is 0.227 e. The van der Waals surface area contributed by atoms with Gasteiger partial charge in [0, 0.05) is 36.3 Å². The van der Waals surface area contributed by atoms with Gasteiger partial charge in [0.1, 0.15) is 5.82 Å². The Balaban J connectivity index is 1.67. The second kappa shape index (κ2) is 9.59. The molecule has 2 atom stereocenters. The molecule has 0 bridgehead atoms. The van der Waals surface area contributed by atoms with Crippen LogP contribution in [-0.2, 0) is 11.2 Å². The molecule has 1 saturated heterocycles. The van der Waals surface area contributed by atoms with Crippen LogP contribution in [0.4, 0.5) is 4.39 Å². The lowest BCUT2D eigenvalue weighted by atomic mass is 9.85. The number of rotatable bonds is 9. The van der Waals surface area contributed by atoms with E-state index < -0.39 is 5.41 Å². The van der Waals surface area contributed by atoms with Gasteiger partial charge in [-0.25, -0.2) is 4.39 Å². The maximum Gasteiger partial charge on any atom is 0.227 e. The molecular weight excluding hydrogens is 399 g/mol. The van der Waals surface area contributed by atoms with Crippen molar-refractivity contribution < 1.29 is 9.18 Å². The Bertz CT molecular complexity index is 917. The van der Waals surface area contributed by atoms with Gasteiger partial charge in [-0.05, 0) is 49.1 Å². The van der Waals surface area contributed by atoms with Crippen LogP contribution in [0.25, 0.3) is 11.1 Å². The summed E-state index contributed by atoms with van der Waals surface area (Å²) in [5.74, 6) is -0.210. The number of carbonyl (C=O) groups excluding carboxylic acids is 1. The number of hydrogen-bond donors (Lipinski definition) is 1. The van der Waals surface area contributed by atoms with Crippen molar-refractivity contribution in [1.82, 2.24) is 10.2 Å². The maximum absolute atomic E-state index is 14.1. The molecule has 0 spiro atoms. The van der Waals surface area contributed by atoms with Gasteiger partial charge in [-0.3, -0.25) is 9.69 Å². The van der Waals surface area contributed by atoms with E-state index in [-0.39, 0.29) is 17.8 Å². The van der Waals surface area contributed by atoms with Gasteiger partial charge < -0.3 is 5.32 Å². The van der Waals surface area contributed by atoms with E-state index in [4.69, 9.17) is 11.6 Å². The Kier molecular flexibility index (Phi) is 7.11. The SMILES string of the molecule is C=CCN(CC=C)C[C@]1(C)C[C@@H](Cc2ccc(-c3cc(Cl)ccc3F)cc2)NC1=O. The van der Waals surface area contributed by atoms with E-state index in [1.807, 2.05) is 43.3 Å². The first-order chi connectivity index (χ1) is 14.3. The molecule has 1 N–H and O–H groups in total. The minimum absolute atomic E-state index is 0.0746. The zero-order valence-electron chi connectivity index (χ0n) is 17.3. The summed E-state index contributed by atoms with van der Waals surface area (Å²) >= 11 is 6.01. The largest absolute Gasteiger partial charge is 0.352 e. The van der Waals surface area contributed by atoms with Crippen molar-refractivity contribution in [3.8, 4) is 11.1 Å². The second-order valence-electron chi connectivity index (χ2n) is 8.23. The van der Waals surface area contributed by atoms with Crippen LogP contribution in [0.2, 0.25) is 5.02 Å². The highest BCUT2D eigenvalue weighted by Gasteiger charge is 2.43. The monoisotopic (exact) mass is 426 g/mol. The molecule has 0 aliphatic carbocycles. The predicted molar refractivity (Wildman–Crippen MR) is 122 cm³/mol. The van der Waals surface area contributed by atoms with Crippen LogP contribution >= 0.6 is 11.6 Å². The minimum Gasteiger partial charge on any atom is -0.352 e. The van der Waals surface area contributed by atoms with Crippen LogP contribution in [0.1, 0.15) is 18.9 Å². The summed E-state index contributed by atoms with van der Waals surface area (Å²) in [6.45, 7) is 11.7. The van der Waals surface area contributed by atoms with Crippen molar-refractivity contribution >= 4 is 17.5 Å². The molecule has 1 aliphatic heterocycles. The molecule has 0 aromatic heterocycles. The van der Waals surface area contributed by atoms with Gasteiger partial charge in [-0.15, -0.1) is 13.2 Å². The van der Waals surface area contributed by atoms with Crippen molar-refractivity contribution in [1.29, 1.82) is 0 Å². The molecular formula is C25H28ClFN2O. The van der Waals surface area contributed by atoms with E-state index in [1.165, 1.54) is 6.07 Å². The van der Waals surface area contributed by atoms with Gasteiger partial charge in [-0.2, -0.15) is 0 Å². The summed E-state index contributed by atoms with van der Waals surface area (Å²) in [6, 6.07) is 12.4. The fraction of sp³-hybridized carbons (Fsp3) is 0.320. The van der Waals surface area contributed by atoms with E-state index in [0.717, 1.165) is 37.1 Å². The Hall–Kier alpha value is -2.43. The molecule has 158 valence electrons. The van der Waals surface area contributed by atoms with Crippen LogP contribution in [0.15, 0.2) is 67.8 Å². The summed E-state index contributed by atoms with van der Waals surface area (Å²) in [4.78, 5) is 14.9. The third-order valence-corrected chi connectivity index (χ3v) is 5.84. The summed E-state index contributed by atoms with van der Waals surface area (Å²) in [7, 11) is 0. The van der Waals surface area contributed by atoms with E-state index in [2.05, 4.69) is 23.4 Å². The number of benzene rings is 2. The van der Waals surface area contributed by atoms with E-state index in [0.29, 0.717) is 17.1 Å². The lowest BCUT2D eigenvalue weighted by Crippen LogP contribution is -2.41. The van der Waals surface area contributed by atoms with Crippen molar-refractivity contribution in [2.75, 3.05) is 19.6 Å². The molecule has 0 radical (unpaired) electrons. The van der Waals surface area contributed by atoms with Gasteiger partial charge in [-0.1, -0.05) is 48.0 Å². The molecule has 2 aromatic rings. The third kappa shape index (κ3) is 5.18. The highest BCUT2D eigenvalue weighted by Crippen LogP contribution is 2.33. The Morgan fingerprint density at radius 3 is 2.50 bits per heavy atom. The molecule has 1 amide bonds. The number of halogens is 2. The second-order valence-corrected chi connectivity index (χ2v) is 8.67. The number of nitrogens with zero attached hydrogens (tertiary/aromatic N) is 1. The average Bonchev–Trinajstić information content (AvgIpc) is 2.98. The van der Waals surface area contributed by atoms with Crippen LogP contribution in [0.3, 0.4) is 0 Å². The van der Waals surface area contributed by atoms with Gasteiger partial charge in [0.05, 0.1) is 5.41 Å². The number of carbonyl (C=O) groups is 1. The molecule has 1 aliphatic rings. The molecule has 0 unspecified atom stereocenters. The number of hydrogen-bond acceptors (Lipinski definition) is 2. The zero-order chi connectivity index (χ0) is 21.7. The molecule has 0 saturated carbocycles. The van der Waals surface area contributed by atoms with Crippen LogP contribution < -0.4 is 5.32 Å². The zero-order valence-corrected chi connectivity index (χ0v) is 18.1. The lowest BCUT2D eigenvalue weighted by molar-refractivity contribution is -0.127. The summed E-state index contributed by atoms with van der Waals surface area (Å²) in [5.41, 5.74) is 1.93.